The summed E-state index contributed by atoms with van der Waals surface area (Å²) in [5.41, 5.74) is 4.30. The van der Waals surface area contributed by atoms with Gasteiger partial charge in [0.2, 0.25) is 0 Å². The van der Waals surface area contributed by atoms with Crippen LogP contribution in [0, 0.1) is 0 Å². The molecule has 108 valence electrons. The first kappa shape index (κ1) is 14.6. The maximum atomic E-state index is 3.53. The number of rotatable bonds is 3. The lowest BCUT2D eigenvalue weighted by Gasteiger charge is -2.28. The minimum Gasteiger partial charge on any atom is -0.302 e. The van der Waals surface area contributed by atoms with Crippen molar-refractivity contribution in [2.75, 3.05) is 20.1 Å². The standard InChI is InChI=1S/C19H20BrN/c1-21-13-11-17(12-14-21)19(15-5-3-2-4-6-15)16-7-9-18(20)10-8-16/h2-11,19H,12-14H2,1H3. The molecule has 0 amide bonds. The van der Waals surface area contributed by atoms with Crippen LogP contribution in [0.25, 0.3) is 0 Å². The van der Waals surface area contributed by atoms with Crippen molar-refractivity contribution in [1.82, 2.24) is 4.90 Å². The van der Waals surface area contributed by atoms with Gasteiger partial charge in [0.05, 0.1) is 0 Å². The summed E-state index contributed by atoms with van der Waals surface area (Å²) >= 11 is 3.53. The number of benzene rings is 2. The van der Waals surface area contributed by atoms with Crippen molar-refractivity contribution in [3.63, 3.8) is 0 Å². The van der Waals surface area contributed by atoms with E-state index in [0.717, 1.165) is 24.0 Å². The normalized spacial score (nSPS) is 17.3. The van der Waals surface area contributed by atoms with Crippen LogP contribution in [0.2, 0.25) is 0 Å². The van der Waals surface area contributed by atoms with Gasteiger partial charge in [-0.15, -0.1) is 0 Å². The molecule has 2 aromatic carbocycles. The molecule has 2 heteroatoms. The van der Waals surface area contributed by atoms with Gasteiger partial charge in [-0.1, -0.05) is 70.0 Å². The van der Waals surface area contributed by atoms with Gasteiger partial charge in [0.25, 0.3) is 0 Å². The topological polar surface area (TPSA) is 3.24 Å². The van der Waals surface area contributed by atoms with E-state index in [0.29, 0.717) is 5.92 Å². The lowest BCUT2D eigenvalue weighted by atomic mass is 9.82. The molecule has 1 aliphatic heterocycles. The molecule has 0 aromatic heterocycles. The van der Waals surface area contributed by atoms with Gasteiger partial charge in [-0.3, -0.25) is 0 Å². The summed E-state index contributed by atoms with van der Waals surface area (Å²) in [5.74, 6) is 0.382. The molecule has 0 aliphatic carbocycles. The Kier molecular flexibility index (Phi) is 4.57. The summed E-state index contributed by atoms with van der Waals surface area (Å²) < 4.78 is 1.13. The zero-order chi connectivity index (χ0) is 14.7. The number of hydrogen-bond acceptors (Lipinski definition) is 1. The van der Waals surface area contributed by atoms with Crippen molar-refractivity contribution in [2.24, 2.45) is 0 Å². The number of likely N-dealkylation sites (N-methyl/N-ethyl adjacent to an activating group) is 1. The SMILES string of the molecule is CN1CC=C(C(c2ccccc2)c2ccc(Br)cc2)CC1. The molecule has 0 bridgehead atoms. The molecule has 1 nitrogen and oxygen atoms in total. The summed E-state index contributed by atoms with van der Waals surface area (Å²) in [6.45, 7) is 2.20. The zero-order valence-electron chi connectivity index (χ0n) is 12.3. The lowest BCUT2D eigenvalue weighted by Crippen LogP contribution is -2.26. The van der Waals surface area contributed by atoms with E-state index >= 15 is 0 Å². The molecule has 0 saturated heterocycles. The van der Waals surface area contributed by atoms with Crippen LogP contribution in [0.1, 0.15) is 23.5 Å². The first-order valence-corrected chi connectivity index (χ1v) is 8.21. The Labute approximate surface area is 135 Å². The van der Waals surface area contributed by atoms with Gasteiger partial charge in [-0.25, -0.2) is 0 Å². The van der Waals surface area contributed by atoms with E-state index in [9.17, 15) is 0 Å². The van der Waals surface area contributed by atoms with Crippen LogP contribution >= 0.6 is 15.9 Å². The second-order valence-corrected chi connectivity index (χ2v) is 6.60. The van der Waals surface area contributed by atoms with Gasteiger partial charge in [0.15, 0.2) is 0 Å². The van der Waals surface area contributed by atoms with Crippen LogP contribution in [-0.4, -0.2) is 25.0 Å². The van der Waals surface area contributed by atoms with Crippen LogP contribution in [0.3, 0.4) is 0 Å². The van der Waals surface area contributed by atoms with Gasteiger partial charge in [0.1, 0.15) is 0 Å². The molecule has 3 rings (SSSR count). The second kappa shape index (κ2) is 6.59. The molecule has 0 saturated carbocycles. The van der Waals surface area contributed by atoms with Gasteiger partial charge in [-0.05, 0) is 36.7 Å². The Morgan fingerprint density at radius 1 is 0.952 bits per heavy atom. The maximum Gasteiger partial charge on any atom is 0.0299 e. The highest BCUT2D eigenvalue weighted by Crippen LogP contribution is 2.35. The Morgan fingerprint density at radius 2 is 1.62 bits per heavy atom. The number of hydrogen-bond donors (Lipinski definition) is 0. The first-order valence-electron chi connectivity index (χ1n) is 7.42. The lowest BCUT2D eigenvalue weighted by molar-refractivity contribution is 0.355. The van der Waals surface area contributed by atoms with E-state index in [1.807, 2.05) is 0 Å². The van der Waals surface area contributed by atoms with Crippen molar-refractivity contribution in [2.45, 2.75) is 12.3 Å². The monoisotopic (exact) mass is 341 g/mol. The molecule has 2 aromatic rings. The highest BCUT2D eigenvalue weighted by Gasteiger charge is 2.21. The molecule has 1 unspecified atom stereocenters. The van der Waals surface area contributed by atoms with Crippen LogP contribution in [0.5, 0.6) is 0 Å². The van der Waals surface area contributed by atoms with Crippen LogP contribution in [0.4, 0.5) is 0 Å². The summed E-state index contributed by atoms with van der Waals surface area (Å²) in [4.78, 5) is 2.37. The van der Waals surface area contributed by atoms with Crippen molar-refractivity contribution >= 4 is 15.9 Å². The van der Waals surface area contributed by atoms with Crippen molar-refractivity contribution in [3.8, 4) is 0 Å². The minimum absolute atomic E-state index is 0.382. The van der Waals surface area contributed by atoms with E-state index in [4.69, 9.17) is 0 Å². The van der Waals surface area contributed by atoms with E-state index in [2.05, 4.69) is 88.6 Å². The average molecular weight is 342 g/mol. The predicted octanol–water partition coefficient (Wildman–Crippen LogP) is 4.84. The number of nitrogens with zero attached hydrogens (tertiary/aromatic N) is 1. The van der Waals surface area contributed by atoms with Crippen LogP contribution in [0.15, 0.2) is 70.7 Å². The highest BCUT2D eigenvalue weighted by molar-refractivity contribution is 9.10. The highest BCUT2D eigenvalue weighted by atomic mass is 79.9. The number of halogens is 1. The maximum absolute atomic E-state index is 3.53. The van der Waals surface area contributed by atoms with Gasteiger partial charge in [0, 0.05) is 23.5 Å². The Morgan fingerprint density at radius 3 is 2.24 bits per heavy atom. The van der Waals surface area contributed by atoms with E-state index in [-0.39, 0.29) is 0 Å². The molecule has 0 fully saturated rings. The summed E-state index contributed by atoms with van der Waals surface area (Å²) in [7, 11) is 2.18. The third-order valence-corrected chi connectivity index (χ3v) is 4.68. The molecule has 0 radical (unpaired) electrons. The summed E-state index contributed by atoms with van der Waals surface area (Å²) in [6.07, 6.45) is 3.55. The quantitative estimate of drug-likeness (QED) is 0.721. The minimum atomic E-state index is 0.382. The Hall–Kier alpha value is -1.38. The molecule has 0 spiro atoms. The first-order chi connectivity index (χ1) is 10.2. The fraction of sp³-hybridized carbons (Fsp3) is 0.263. The second-order valence-electron chi connectivity index (χ2n) is 5.69. The van der Waals surface area contributed by atoms with Gasteiger partial charge in [-0.2, -0.15) is 0 Å². The van der Waals surface area contributed by atoms with Gasteiger partial charge < -0.3 is 4.90 Å². The largest absolute Gasteiger partial charge is 0.302 e. The molecule has 0 N–H and O–H groups in total. The van der Waals surface area contributed by atoms with Crippen molar-refractivity contribution in [1.29, 1.82) is 0 Å². The van der Waals surface area contributed by atoms with Crippen molar-refractivity contribution in [3.05, 3.63) is 81.8 Å². The van der Waals surface area contributed by atoms with E-state index in [1.54, 1.807) is 5.57 Å². The molecule has 1 heterocycles. The Bertz CT molecular complexity index is 616. The van der Waals surface area contributed by atoms with E-state index in [1.165, 1.54) is 11.1 Å². The molecule has 1 atom stereocenters. The average Bonchev–Trinajstić information content (AvgIpc) is 2.52. The molecular weight excluding hydrogens is 322 g/mol. The van der Waals surface area contributed by atoms with Crippen LogP contribution in [-0.2, 0) is 0 Å². The summed E-state index contributed by atoms with van der Waals surface area (Å²) in [5, 5.41) is 0. The molecule has 1 aliphatic rings. The third kappa shape index (κ3) is 3.45. The molecular formula is C19H20BrN. The fourth-order valence-corrected chi connectivity index (χ4v) is 3.23. The Balaban J connectivity index is 2.01. The van der Waals surface area contributed by atoms with Gasteiger partial charge >= 0.3 is 0 Å². The predicted molar refractivity (Wildman–Crippen MR) is 92.6 cm³/mol. The fourth-order valence-electron chi connectivity index (χ4n) is 2.97. The third-order valence-electron chi connectivity index (χ3n) is 4.15. The zero-order valence-corrected chi connectivity index (χ0v) is 13.9. The smallest absolute Gasteiger partial charge is 0.0299 e. The molecule has 21 heavy (non-hydrogen) atoms. The summed E-state index contributed by atoms with van der Waals surface area (Å²) in [6, 6.07) is 19.6. The van der Waals surface area contributed by atoms with E-state index < -0.39 is 0 Å². The van der Waals surface area contributed by atoms with Crippen LogP contribution < -0.4 is 0 Å². The van der Waals surface area contributed by atoms with Crippen molar-refractivity contribution < 1.29 is 0 Å².